The molecule has 0 aliphatic carbocycles. The third kappa shape index (κ3) is 4.36. The second-order valence-electron chi connectivity index (χ2n) is 7.62. The minimum atomic E-state index is -0.680. The molecule has 0 amide bonds. The lowest BCUT2D eigenvalue weighted by Crippen LogP contribution is -2.36. The van der Waals surface area contributed by atoms with Gasteiger partial charge in [0, 0.05) is 44.8 Å². The fourth-order valence-corrected chi connectivity index (χ4v) is 4.02. The summed E-state index contributed by atoms with van der Waals surface area (Å²) >= 11 is 6.05. The Morgan fingerprint density at radius 2 is 2.11 bits per heavy atom. The normalized spacial score (nSPS) is 12.2. The molecule has 4 heterocycles. The number of halogens is 2. The molecule has 0 aliphatic heterocycles. The second-order valence-corrected chi connectivity index (χ2v) is 8.03. The molecular formula is C22H19ClFN9O2. The Morgan fingerprint density at radius 3 is 2.83 bits per heavy atom. The van der Waals surface area contributed by atoms with Crippen LogP contribution in [0.5, 0.6) is 0 Å². The molecule has 11 nitrogen and oxygen atoms in total. The average molecular weight is 496 g/mol. The highest BCUT2D eigenvalue weighted by atomic mass is 35.5. The second kappa shape index (κ2) is 9.60. The van der Waals surface area contributed by atoms with Crippen LogP contribution in [0.3, 0.4) is 0 Å². The van der Waals surface area contributed by atoms with Crippen LogP contribution in [0.4, 0.5) is 4.39 Å². The fraction of sp³-hybridized carbons (Fsp3) is 0.182. The predicted molar refractivity (Wildman–Crippen MR) is 122 cm³/mol. The van der Waals surface area contributed by atoms with Crippen molar-refractivity contribution in [1.29, 1.82) is 0 Å². The Kier molecular flexibility index (Phi) is 6.21. The standard InChI is InChI=1S/C22H19ClFN9O2/c1-35-9-6-18(31-12-16(10-27-31)30-8-7-25-13-30)19-4-2-15(11-33(19)34)21-20(32-14-26-28-29-32)5-3-17(23)22(21)24/h2-5,7-8,10-14,18H,6,9H2,1H3. The number of pyridine rings is 1. The number of imidazole rings is 1. The number of tetrazole rings is 1. The molecule has 35 heavy (non-hydrogen) atoms. The summed E-state index contributed by atoms with van der Waals surface area (Å²) in [6, 6.07) is 5.87. The van der Waals surface area contributed by atoms with Gasteiger partial charge in [0.1, 0.15) is 12.4 Å². The van der Waals surface area contributed by atoms with Gasteiger partial charge in [0.2, 0.25) is 5.69 Å². The Labute approximate surface area is 203 Å². The van der Waals surface area contributed by atoms with Crippen molar-refractivity contribution < 1.29 is 13.9 Å². The highest BCUT2D eigenvalue weighted by molar-refractivity contribution is 6.31. The van der Waals surface area contributed by atoms with Gasteiger partial charge in [0.05, 0.1) is 40.0 Å². The SMILES string of the molecule is COCCC(c1ccc(-c2c(-n3cnnn3)ccc(Cl)c2F)c[n+]1[O-])n1cc(-n2ccnc2)cn1. The molecule has 4 aromatic heterocycles. The van der Waals surface area contributed by atoms with Crippen molar-refractivity contribution in [2.75, 3.05) is 13.7 Å². The first-order valence-electron chi connectivity index (χ1n) is 10.5. The molecule has 1 atom stereocenters. The van der Waals surface area contributed by atoms with E-state index in [2.05, 4.69) is 25.6 Å². The van der Waals surface area contributed by atoms with Gasteiger partial charge in [0.25, 0.3) is 0 Å². The number of ether oxygens (including phenoxy) is 1. The fourth-order valence-electron chi connectivity index (χ4n) is 3.86. The van der Waals surface area contributed by atoms with Gasteiger partial charge >= 0.3 is 0 Å². The summed E-state index contributed by atoms with van der Waals surface area (Å²) in [4.78, 5) is 4.05. The van der Waals surface area contributed by atoms with E-state index in [-0.39, 0.29) is 10.6 Å². The molecule has 0 N–H and O–H groups in total. The number of hydrogen-bond donors (Lipinski definition) is 0. The van der Waals surface area contributed by atoms with Crippen molar-refractivity contribution in [3.05, 3.63) is 89.6 Å². The van der Waals surface area contributed by atoms with Crippen LogP contribution < -0.4 is 4.73 Å². The molecule has 0 radical (unpaired) electrons. The zero-order valence-electron chi connectivity index (χ0n) is 18.4. The lowest BCUT2D eigenvalue weighted by molar-refractivity contribution is -0.615. The molecule has 178 valence electrons. The predicted octanol–water partition coefficient (Wildman–Crippen LogP) is 2.76. The summed E-state index contributed by atoms with van der Waals surface area (Å²) in [6.45, 7) is 0.402. The Bertz CT molecular complexity index is 1440. The summed E-state index contributed by atoms with van der Waals surface area (Å²) in [6.07, 6.45) is 11.8. The van der Waals surface area contributed by atoms with Gasteiger partial charge in [-0.15, -0.1) is 5.10 Å². The summed E-state index contributed by atoms with van der Waals surface area (Å²) < 4.78 is 25.9. The lowest BCUT2D eigenvalue weighted by atomic mass is 10.0. The van der Waals surface area contributed by atoms with Crippen molar-refractivity contribution in [3.63, 3.8) is 0 Å². The molecule has 0 spiro atoms. The summed E-state index contributed by atoms with van der Waals surface area (Å²) in [5.74, 6) is -0.680. The summed E-state index contributed by atoms with van der Waals surface area (Å²) in [5.41, 5.74) is 1.98. The van der Waals surface area contributed by atoms with Gasteiger partial charge in [-0.3, -0.25) is 4.68 Å². The van der Waals surface area contributed by atoms with E-state index in [9.17, 15) is 5.21 Å². The average Bonchev–Trinajstić information content (AvgIpc) is 3.64. The van der Waals surface area contributed by atoms with Crippen LogP contribution in [0.25, 0.3) is 22.5 Å². The number of hydrogen-bond acceptors (Lipinski definition) is 7. The monoisotopic (exact) mass is 495 g/mol. The minimum absolute atomic E-state index is 0.0834. The quantitative estimate of drug-likeness (QED) is 0.240. The van der Waals surface area contributed by atoms with Crippen LogP contribution >= 0.6 is 11.6 Å². The van der Waals surface area contributed by atoms with Gasteiger partial charge in [-0.05, 0) is 28.6 Å². The summed E-state index contributed by atoms with van der Waals surface area (Å²) in [7, 11) is 1.59. The Hall–Kier alpha value is -4.16. The molecule has 0 aliphatic rings. The van der Waals surface area contributed by atoms with E-state index in [0.29, 0.717) is 34.7 Å². The molecule has 1 unspecified atom stereocenters. The smallest absolute Gasteiger partial charge is 0.217 e. The Balaban J connectivity index is 1.56. The number of rotatable bonds is 8. The third-order valence-corrected chi connectivity index (χ3v) is 5.84. The first-order chi connectivity index (χ1) is 17.1. The van der Waals surface area contributed by atoms with Gasteiger partial charge < -0.3 is 14.5 Å². The van der Waals surface area contributed by atoms with E-state index >= 15 is 4.39 Å². The van der Waals surface area contributed by atoms with E-state index < -0.39 is 11.9 Å². The highest BCUT2D eigenvalue weighted by Crippen LogP contribution is 2.33. The molecule has 13 heteroatoms. The maximum atomic E-state index is 15.1. The maximum Gasteiger partial charge on any atom is 0.217 e. The third-order valence-electron chi connectivity index (χ3n) is 5.55. The van der Waals surface area contributed by atoms with E-state index in [1.54, 1.807) is 54.9 Å². The van der Waals surface area contributed by atoms with Crippen molar-refractivity contribution in [3.8, 4) is 22.5 Å². The van der Waals surface area contributed by atoms with Crippen molar-refractivity contribution in [1.82, 2.24) is 39.5 Å². The van der Waals surface area contributed by atoms with Crippen molar-refractivity contribution in [2.24, 2.45) is 0 Å². The molecule has 0 saturated carbocycles. The van der Waals surface area contributed by atoms with Crippen LogP contribution in [0.1, 0.15) is 18.2 Å². The van der Waals surface area contributed by atoms with Gasteiger partial charge in [0.15, 0.2) is 12.0 Å². The van der Waals surface area contributed by atoms with Crippen molar-refractivity contribution in [2.45, 2.75) is 12.5 Å². The van der Waals surface area contributed by atoms with Crippen LogP contribution in [-0.4, -0.2) is 53.3 Å². The summed E-state index contributed by atoms with van der Waals surface area (Å²) in [5, 5.41) is 28.7. The first-order valence-corrected chi connectivity index (χ1v) is 10.9. The first kappa shape index (κ1) is 22.6. The topological polar surface area (TPSA) is 115 Å². The van der Waals surface area contributed by atoms with E-state index in [1.807, 2.05) is 10.8 Å². The molecule has 0 fully saturated rings. The zero-order chi connectivity index (χ0) is 24.4. The van der Waals surface area contributed by atoms with Crippen LogP contribution in [0.2, 0.25) is 5.02 Å². The lowest BCUT2D eigenvalue weighted by Gasteiger charge is -2.18. The minimum Gasteiger partial charge on any atom is -0.618 e. The number of methoxy groups -OCH3 is 1. The van der Waals surface area contributed by atoms with Gasteiger partial charge in [-0.2, -0.15) is 14.5 Å². The number of aromatic nitrogens is 9. The number of nitrogens with zero attached hydrogens (tertiary/aromatic N) is 9. The van der Waals surface area contributed by atoms with E-state index in [4.69, 9.17) is 16.3 Å². The molecule has 0 bridgehead atoms. The molecular weight excluding hydrogens is 477 g/mol. The van der Waals surface area contributed by atoms with E-state index in [0.717, 1.165) is 5.69 Å². The highest BCUT2D eigenvalue weighted by Gasteiger charge is 2.25. The molecule has 5 rings (SSSR count). The van der Waals surface area contributed by atoms with Gasteiger partial charge in [-0.25, -0.2) is 9.37 Å². The van der Waals surface area contributed by atoms with Crippen molar-refractivity contribution >= 4 is 11.6 Å². The zero-order valence-corrected chi connectivity index (χ0v) is 19.2. The van der Waals surface area contributed by atoms with Crippen LogP contribution in [-0.2, 0) is 4.74 Å². The number of benzene rings is 1. The van der Waals surface area contributed by atoms with Gasteiger partial charge in [-0.1, -0.05) is 11.6 Å². The maximum absolute atomic E-state index is 15.1. The van der Waals surface area contributed by atoms with E-state index in [1.165, 1.54) is 23.3 Å². The molecule has 1 aromatic carbocycles. The van der Waals surface area contributed by atoms with Crippen LogP contribution in [0.15, 0.2) is 67.9 Å². The van der Waals surface area contributed by atoms with Crippen LogP contribution in [0, 0.1) is 11.0 Å². The molecule has 0 saturated heterocycles. The Morgan fingerprint density at radius 1 is 1.23 bits per heavy atom. The largest absolute Gasteiger partial charge is 0.618 e. The molecule has 5 aromatic rings.